The van der Waals surface area contributed by atoms with Crippen LogP contribution in [0, 0.1) is 6.92 Å². The monoisotopic (exact) mass is 426 g/mol. The Kier molecular flexibility index (Phi) is 5.10. The number of aryl methyl sites for hydroxylation is 1. The molecule has 1 amide bonds. The highest BCUT2D eigenvalue weighted by Gasteiger charge is 2.33. The molecular formula is C24H22N6O2. The first-order valence-corrected chi connectivity index (χ1v) is 10.5. The molecule has 1 N–H and O–H groups in total. The number of rotatable bonds is 5. The van der Waals surface area contributed by atoms with Crippen LogP contribution in [0.25, 0.3) is 17.2 Å². The molecule has 1 aliphatic rings. The molecule has 2 aromatic carbocycles. The Morgan fingerprint density at radius 1 is 1.16 bits per heavy atom. The minimum atomic E-state index is -0.141. The van der Waals surface area contributed by atoms with E-state index in [1.807, 2.05) is 68.4 Å². The Morgan fingerprint density at radius 2 is 2.00 bits per heavy atom. The molecule has 0 radical (unpaired) electrons. The van der Waals surface area contributed by atoms with Crippen LogP contribution < -0.4 is 10.1 Å². The summed E-state index contributed by atoms with van der Waals surface area (Å²) in [4.78, 5) is 17.3. The van der Waals surface area contributed by atoms with Crippen LogP contribution in [0.3, 0.4) is 0 Å². The van der Waals surface area contributed by atoms with Gasteiger partial charge in [0.2, 0.25) is 5.91 Å². The molecule has 0 bridgehead atoms. The summed E-state index contributed by atoms with van der Waals surface area (Å²) in [5.41, 5.74) is 4.37. The number of anilines is 1. The Labute approximate surface area is 185 Å². The molecule has 160 valence electrons. The second kappa shape index (κ2) is 8.22. The molecule has 3 heterocycles. The van der Waals surface area contributed by atoms with E-state index in [2.05, 4.69) is 25.6 Å². The Bertz CT molecular complexity index is 1280. The maximum absolute atomic E-state index is 12.7. The molecule has 0 aliphatic carbocycles. The van der Waals surface area contributed by atoms with Crippen LogP contribution in [0.2, 0.25) is 0 Å². The largest absolute Gasteiger partial charge is 0.494 e. The van der Waals surface area contributed by atoms with Crippen LogP contribution in [0.5, 0.6) is 5.75 Å². The Hall–Kier alpha value is -4.07. The fourth-order valence-corrected chi connectivity index (χ4v) is 4.10. The van der Waals surface area contributed by atoms with Crippen molar-refractivity contribution in [1.82, 2.24) is 25.0 Å². The van der Waals surface area contributed by atoms with Crippen molar-refractivity contribution in [2.24, 2.45) is 0 Å². The van der Waals surface area contributed by atoms with Crippen LogP contribution in [-0.4, -0.2) is 37.5 Å². The van der Waals surface area contributed by atoms with Gasteiger partial charge in [-0.2, -0.15) is 14.9 Å². The van der Waals surface area contributed by atoms with Gasteiger partial charge in [-0.05, 0) is 31.5 Å². The third-order valence-electron chi connectivity index (χ3n) is 5.48. The van der Waals surface area contributed by atoms with Gasteiger partial charge < -0.3 is 10.1 Å². The molecule has 8 heteroatoms. The van der Waals surface area contributed by atoms with Crippen LogP contribution in [-0.2, 0) is 4.79 Å². The molecule has 0 spiro atoms. The molecule has 8 nitrogen and oxygen atoms in total. The Balaban J connectivity index is 1.60. The topological polar surface area (TPSA) is 94.8 Å². The third-order valence-corrected chi connectivity index (χ3v) is 5.48. The van der Waals surface area contributed by atoms with Crippen molar-refractivity contribution in [3.05, 3.63) is 77.6 Å². The van der Waals surface area contributed by atoms with Crippen LogP contribution in [0.4, 0.5) is 5.82 Å². The quantitative estimate of drug-likeness (QED) is 0.520. The number of carbonyl (C=O) groups excluding carboxylic acids is 1. The summed E-state index contributed by atoms with van der Waals surface area (Å²) in [5, 5.41) is 15.9. The number of aromatic nitrogens is 5. The summed E-state index contributed by atoms with van der Waals surface area (Å²) in [6, 6.07) is 17.6. The Morgan fingerprint density at radius 3 is 2.81 bits per heavy atom. The highest BCUT2D eigenvalue weighted by atomic mass is 16.5. The molecule has 0 saturated heterocycles. The standard InChI is InChI=1S/C24H22N6O2/c1-3-32-18-11-7-10-17(12-18)19-13-21(31)27-23-22(19)15(2)29-30(23)24-26-20(14-25-28-24)16-8-5-4-6-9-16/h4-12,14,19H,3,13H2,1-2H3,(H,27,31)/t19-/m1/s1. The first kappa shape index (κ1) is 19.9. The van der Waals surface area contributed by atoms with E-state index < -0.39 is 0 Å². The van der Waals surface area contributed by atoms with Gasteiger partial charge in [-0.1, -0.05) is 42.5 Å². The summed E-state index contributed by atoms with van der Waals surface area (Å²) in [5.74, 6) is 1.44. The van der Waals surface area contributed by atoms with Crippen LogP contribution in [0.1, 0.15) is 36.1 Å². The van der Waals surface area contributed by atoms with Gasteiger partial charge in [-0.3, -0.25) is 4.79 Å². The minimum Gasteiger partial charge on any atom is -0.494 e. The van der Waals surface area contributed by atoms with E-state index in [0.717, 1.165) is 28.1 Å². The molecule has 0 fully saturated rings. The number of fused-ring (bicyclic) bond motifs is 1. The first-order chi connectivity index (χ1) is 15.6. The average Bonchev–Trinajstić information content (AvgIpc) is 3.16. The lowest BCUT2D eigenvalue weighted by Crippen LogP contribution is -2.25. The van der Waals surface area contributed by atoms with E-state index >= 15 is 0 Å². The van der Waals surface area contributed by atoms with Gasteiger partial charge >= 0.3 is 0 Å². The zero-order valence-corrected chi connectivity index (χ0v) is 17.8. The molecule has 1 atom stereocenters. The average molecular weight is 426 g/mol. The molecule has 2 aromatic heterocycles. The van der Waals surface area contributed by atoms with Crippen molar-refractivity contribution in [2.75, 3.05) is 11.9 Å². The summed E-state index contributed by atoms with van der Waals surface area (Å²) in [6.07, 6.45) is 1.94. The number of amides is 1. The number of nitrogens with zero attached hydrogens (tertiary/aromatic N) is 5. The number of nitrogens with one attached hydrogen (secondary N) is 1. The molecule has 32 heavy (non-hydrogen) atoms. The fraction of sp³-hybridized carbons (Fsp3) is 0.208. The van der Waals surface area contributed by atoms with Gasteiger partial charge in [-0.25, -0.2) is 4.98 Å². The van der Waals surface area contributed by atoms with Crippen molar-refractivity contribution in [1.29, 1.82) is 0 Å². The van der Waals surface area contributed by atoms with Gasteiger partial charge in [0.25, 0.3) is 5.95 Å². The van der Waals surface area contributed by atoms with Gasteiger partial charge in [0.1, 0.15) is 11.6 Å². The maximum atomic E-state index is 12.7. The normalized spacial score (nSPS) is 15.2. The molecule has 1 aliphatic heterocycles. The second-order valence-electron chi connectivity index (χ2n) is 7.58. The van der Waals surface area contributed by atoms with E-state index in [1.54, 1.807) is 10.9 Å². The zero-order chi connectivity index (χ0) is 22.1. The number of hydrogen-bond donors (Lipinski definition) is 1. The smallest absolute Gasteiger partial charge is 0.272 e. The second-order valence-corrected chi connectivity index (χ2v) is 7.58. The van der Waals surface area contributed by atoms with Gasteiger partial charge in [0, 0.05) is 23.5 Å². The van der Waals surface area contributed by atoms with Crippen LogP contribution in [0.15, 0.2) is 60.8 Å². The van der Waals surface area contributed by atoms with Gasteiger partial charge in [0.05, 0.1) is 24.2 Å². The zero-order valence-electron chi connectivity index (χ0n) is 17.8. The summed E-state index contributed by atoms with van der Waals surface area (Å²) >= 11 is 0. The minimum absolute atomic E-state index is 0.0855. The summed E-state index contributed by atoms with van der Waals surface area (Å²) in [7, 11) is 0. The molecule has 0 unspecified atom stereocenters. The SMILES string of the molecule is CCOc1cccc([C@H]2CC(=O)Nc3c2c(C)nn3-c2nncc(-c3ccccc3)n2)c1. The molecule has 5 rings (SSSR count). The summed E-state index contributed by atoms with van der Waals surface area (Å²) < 4.78 is 7.23. The lowest BCUT2D eigenvalue weighted by molar-refractivity contribution is -0.116. The number of benzene rings is 2. The summed E-state index contributed by atoms with van der Waals surface area (Å²) in [6.45, 7) is 4.46. The molecule has 4 aromatic rings. The van der Waals surface area contributed by atoms with E-state index in [9.17, 15) is 4.79 Å². The van der Waals surface area contributed by atoms with Crippen molar-refractivity contribution in [3.63, 3.8) is 0 Å². The van der Waals surface area contributed by atoms with Gasteiger partial charge in [-0.15, -0.1) is 5.10 Å². The van der Waals surface area contributed by atoms with Gasteiger partial charge in [0.15, 0.2) is 0 Å². The van der Waals surface area contributed by atoms with E-state index in [4.69, 9.17) is 4.74 Å². The predicted molar refractivity (Wildman–Crippen MR) is 120 cm³/mol. The molecular weight excluding hydrogens is 404 g/mol. The maximum Gasteiger partial charge on any atom is 0.272 e. The van der Waals surface area contributed by atoms with Crippen LogP contribution >= 0.6 is 0 Å². The lowest BCUT2D eigenvalue weighted by Gasteiger charge is -2.24. The van der Waals surface area contributed by atoms with E-state index in [1.165, 1.54) is 0 Å². The van der Waals surface area contributed by atoms with Crippen molar-refractivity contribution < 1.29 is 9.53 Å². The van der Waals surface area contributed by atoms with Crippen molar-refractivity contribution in [2.45, 2.75) is 26.2 Å². The highest BCUT2D eigenvalue weighted by molar-refractivity contribution is 5.95. The highest BCUT2D eigenvalue weighted by Crippen LogP contribution is 2.40. The number of hydrogen-bond acceptors (Lipinski definition) is 6. The van der Waals surface area contributed by atoms with E-state index in [0.29, 0.717) is 30.5 Å². The predicted octanol–water partition coefficient (Wildman–Crippen LogP) is 3.91. The third kappa shape index (κ3) is 3.60. The first-order valence-electron chi connectivity index (χ1n) is 10.5. The van der Waals surface area contributed by atoms with Crippen molar-refractivity contribution in [3.8, 4) is 23.0 Å². The molecule has 0 saturated carbocycles. The fourth-order valence-electron chi connectivity index (χ4n) is 4.10. The number of carbonyl (C=O) groups is 1. The lowest BCUT2D eigenvalue weighted by atomic mass is 9.86. The van der Waals surface area contributed by atoms with Crippen molar-refractivity contribution >= 4 is 11.7 Å². The number of ether oxygens (including phenoxy) is 1. The van der Waals surface area contributed by atoms with E-state index in [-0.39, 0.29) is 11.8 Å².